The molecular weight excluding hydrogens is 270 g/mol. The molecule has 2 rings (SSSR count). The van der Waals surface area contributed by atoms with Crippen LogP contribution in [0.5, 0.6) is 0 Å². The Labute approximate surface area is 125 Å². The molecule has 0 bridgehead atoms. The summed E-state index contributed by atoms with van der Waals surface area (Å²) in [4.78, 5) is 16.5. The molecule has 112 valence electrons. The van der Waals surface area contributed by atoms with Crippen LogP contribution in [0.3, 0.4) is 0 Å². The van der Waals surface area contributed by atoms with Crippen molar-refractivity contribution < 1.29 is 4.79 Å². The van der Waals surface area contributed by atoms with Gasteiger partial charge in [-0.2, -0.15) is 0 Å². The van der Waals surface area contributed by atoms with Crippen molar-refractivity contribution in [1.82, 2.24) is 4.90 Å². The maximum atomic E-state index is 11.5. The van der Waals surface area contributed by atoms with Crippen LogP contribution in [0, 0.1) is 12.8 Å². The number of piperidine rings is 1. The lowest BCUT2D eigenvalue weighted by Gasteiger charge is -2.43. The van der Waals surface area contributed by atoms with E-state index in [-0.39, 0.29) is 23.9 Å². The van der Waals surface area contributed by atoms with E-state index in [0.717, 1.165) is 19.4 Å². The monoisotopic (exact) mass is 295 g/mol. The van der Waals surface area contributed by atoms with Gasteiger partial charge >= 0.3 is 0 Å². The Hall–Kier alpha value is -0.910. The first-order chi connectivity index (χ1) is 9.40. The predicted molar refractivity (Wildman–Crippen MR) is 83.5 cm³/mol. The van der Waals surface area contributed by atoms with Crippen molar-refractivity contribution in [1.29, 1.82) is 0 Å². The smallest absolute Gasteiger partial charge is 0.221 e. The molecule has 0 spiro atoms. The summed E-state index contributed by atoms with van der Waals surface area (Å²) < 4.78 is 0. The Bertz CT molecular complexity index is 471. The van der Waals surface area contributed by atoms with Crippen molar-refractivity contribution >= 4 is 17.2 Å². The number of hydrogen-bond donors (Lipinski definition) is 2. The summed E-state index contributed by atoms with van der Waals surface area (Å²) in [6.07, 6.45) is 1.89. The average Bonchev–Trinajstić information content (AvgIpc) is 2.77. The van der Waals surface area contributed by atoms with Crippen molar-refractivity contribution in [3.8, 4) is 0 Å². The summed E-state index contributed by atoms with van der Waals surface area (Å²) in [5, 5.41) is 0. The Balaban J connectivity index is 2.25. The van der Waals surface area contributed by atoms with Crippen LogP contribution in [0.4, 0.5) is 0 Å². The number of thiophene rings is 1. The molecule has 4 atom stereocenters. The van der Waals surface area contributed by atoms with Gasteiger partial charge in [-0.15, -0.1) is 11.3 Å². The molecule has 1 aromatic rings. The fourth-order valence-electron chi connectivity index (χ4n) is 3.09. The molecule has 0 radical (unpaired) electrons. The van der Waals surface area contributed by atoms with Gasteiger partial charge in [0.2, 0.25) is 5.91 Å². The molecule has 1 aromatic heterocycles. The topological polar surface area (TPSA) is 72.3 Å². The maximum Gasteiger partial charge on any atom is 0.221 e. The van der Waals surface area contributed by atoms with Gasteiger partial charge in [0.25, 0.3) is 0 Å². The highest BCUT2D eigenvalue weighted by Crippen LogP contribution is 2.35. The van der Waals surface area contributed by atoms with Crippen molar-refractivity contribution in [2.45, 2.75) is 51.7 Å². The highest BCUT2D eigenvalue weighted by molar-refractivity contribution is 7.12. The average molecular weight is 295 g/mol. The number of carbonyl (C=O) groups is 1. The van der Waals surface area contributed by atoms with Gasteiger partial charge in [-0.25, -0.2) is 0 Å². The summed E-state index contributed by atoms with van der Waals surface area (Å²) in [5.74, 6) is -0.235. The standard InChI is InChI=1S/C15H25N3OS/c1-9-4-6-12(15(17)19)8-18(9)14(11(3)16)13-7-5-10(2)20-13/h5,7,9,11-12,14H,4,6,8,16H2,1-3H3,(H2,17,19). The number of likely N-dealkylation sites (tertiary alicyclic amines) is 1. The minimum Gasteiger partial charge on any atom is -0.369 e. The Morgan fingerprint density at radius 1 is 1.45 bits per heavy atom. The third-order valence-electron chi connectivity index (χ3n) is 4.24. The molecule has 4 unspecified atom stereocenters. The molecule has 2 heterocycles. The van der Waals surface area contributed by atoms with Crippen LogP contribution in [0.25, 0.3) is 0 Å². The second kappa shape index (κ2) is 6.24. The minimum atomic E-state index is -0.187. The van der Waals surface area contributed by atoms with Crippen LogP contribution in [0.15, 0.2) is 12.1 Å². The molecule has 0 aromatic carbocycles. The first kappa shape index (κ1) is 15.5. The van der Waals surface area contributed by atoms with E-state index in [0.29, 0.717) is 6.04 Å². The van der Waals surface area contributed by atoms with Gasteiger partial charge in [0.15, 0.2) is 0 Å². The van der Waals surface area contributed by atoms with E-state index in [1.54, 1.807) is 11.3 Å². The molecule has 5 heteroatoms. The largest absolute Gasteiger partial charge is 0.369 e. The zero-order chi connectivity index (χ0) is 14.9. The van der Waals surface area contributed by atoms with E-state index in [9.17, 15) is 4.79 Å². The van der Waals surface area contributed by atoms with Gasteiger partial charge in [0, 0.05) is 28.4 Å². The zero-order valence-electron chi connectivity index (χ0n) is 12.5. The van der Waals surface area contributed by atoms with E-state index in [1.807, 2.05) is 6.92 Å². The van der Waals surface area contributed by atoms with Gasteiger partial charge in [-0.1, -0.05) is 0 Å². The van der Waals surface area contributed by atoms with E-state index in [1.165, 1.54) is 9.75 Å². The number of amides is 1. The van der Waals surface area contributed by atoms with Gasteiger partial charge < -0.3 is 11.5 Å². The summed E-state index contributed by atoms with van der Waals surface area (Å²) >= 11 is 1.79. The quantitative estimate of drug-likeness (QED) is 0.892. The summed E-state index contributed by atoms with van der Waals surface area (Å²) in [6.45, 7) is 7.09. The van der Waals surface area contributed by atoms with E-state index >= 15 is 0 Å². The molecule has 1 saturated heterocycles. The molecule has 1 amide bonds. The lowest BCUT2D eigenvalue weighted by molar-refractivity contribution is -0.124. The SMILES string of the molecule is Cc1ccc(C(C(C)N)N2CC(C(N)=O)CCC2C)s1. The van der Waals surface area contributed by atoms with E-state index < -0.39 is 0 Å². The number of nitrogens with zero attached hydrogens (tertiary/aromatic N) is 1. The maximum absolute atomic E-state index is 11.5. The summed E-state index contributed by atoms with van der Waals surface area (Å²) in [7, 11) is 0. The Kier molecular flexibility index (Phi) is 4.83. The number of nitrogens with two attached hydrogens (primary N) is 2. The van der Waals surface area contributed by atoms with E-state index in [4.69, 9.17) is 11.5 Å². The zero-order valence-corrected chi connectivity index (χ0v) is 13.3. The predicted octanol–water partition coefficient (Wildman–Crippen LogP) is 2.03. The fraction of sp³-hybridized carbons (Fsp3) is 0.667. The van der Waals surface area contributed by atoms with Crippen molar-refractivity contribution in [2.75, 3.05) is 6.54 Å². The molecular formula is C15H25N3OS. The van der Waals surface area contributed by atoms with Crippen LogP contribution < -0.4 is 11.5 Å². The molecule has 20 heavy (non-hydrogen) atoms. The Morgan fingerprint density at radius 2 is 2.15 bits per heavy atom. The van der Waals surface area contributed by atoms with E-state index in [2.05, 4.69) is 30.9 Å². The van der Waals surface area contributed by atoms with Crippen LogP contribution in [-0.2, 0) is 4.79 Å². The van der Waals surface area contributed by atoms with Crippen molar-refractivity contribution in [2.24, 2.45) is 17.4 Å². The van der Waals surface area contributed by atoms with Crippen LogP contribution in [-0.4, -0.2) is 29.4 Å². The molecule has 4 N–H and O–H groups in total. The van der Waals surface area contributed by atoms with Crippen LogP contribution in [0.2, 0.25) is 0 Å². The molecule has 1 aliphatic heterocycles. The molecule has 0 aliphatic carbocycles. The first-order valence-electron chi connectivity index (χ1n) is 7.27. The fourth-order valence-corrected chi connectivity index (χ4v) is 4.21. The summed E-state index contributed by atoms with van der Waals surface area (Å²) in [5.41, 5.74) is 11.7. The van der Waals surface area contributed by atoms with Gasteiger partial charge in [-0.3, -0.25) is 9.69 Å². The lowest BCUT2D eigenvalue weighted by atomic mass is 9.90. The summed E-state index contributed by atoms with van der Waals surface area (Å²) in [6, 6.07) is 4.93. The first-order valence-corrected chi connectivity index (χ1v) is 8.08. The highest BCUT2D eigenvalue weighted by Gasteiger charge is 2.35. The van der Waals surface area contributed by atoms with Crippen molar-refractivity contribution in [3.63, 3.8) is 0 Å². The number of rotatable bonds is 4. The third kappa shape index (κ3) is 3.22. The molecule has 0 saturated carbocycles. The minimum absolute atomic E-state index is 0.0297. The Morgan fingerprint density at radius 3 is 2.65 bits per heavy atom. The van der Waals surface area contributed by atoms with Gasteiger partial charge in [-0.05, 0) is 45.7 Å². The third-order valence-corrected chi connectivity index (χ3v) is 5.31. The lowest BCUT2D eigenvalue weighted by Crippen LogP contribution is -2.50. The van der Waals surface area contributed by atoms with Crippen molar-refractivity contribution in [3.05, 3.63) is 21.9 Å². The molecule has 4 nitrogen and oxygen atoms in total. The normalized spacial score (nSPS) is 27.2. The van der Waals surface area contributed by atoms with Crippen LogP contribution in [0.1, 0.15) is 42.5 Å². The number of carbonyl (C=O) groups excluding carboxylic acids is 1. The number of hydrogen-bond acceptors (Lipinski definition) is 4. The second-order valence-electron chi connectivity index (χ2n) is 5.97. The van der Waals surface area contributed by atoms with Crippen LogP contribution >= 0.6 is 11.3 Å². The second-order valence-corrected chi connectivity index (χ2v) is 7.29. The highest BCUT2D eigenvalue weighted by atomic mass is 32.1. The molecule has 1 fully saturated rings. The number of primary amides is 1. The molecule has 1 aliphatic rings. The van der Waals surface area contributed by atoms with Gasteiger partial charge in [0.1, 0.15) is 0 Å². The number of aryl methyl sites for hydroxylation is 1. The van der Waals surface area contributed by atoms with Gasteiger partial charge in [0.05, 0.1) is 12.0 Å².